The van der Waals surface area contributed by atoms with Crippen LogP contribution in [-0.4, -0.2) is 18.1 Å². The zero-order chi connectivity index (χ0) is 14.8. The number of anilines is 2. The zero-order valence-corrected chi connectivity index (χ0v) is 13.1. The molecule has 3 nitrogen and oxygen atoms in total. The van der Waals surface area contributed by atoms with Crippen LogP contribution in [0.3, 0.4) is 0 Å². The van der Waals surface area contributed by atoms with E-state index in [1.54, 1.807) is 6.20 Å². The van der Waals surface area contributed by atoms with E-state index in [9.17, 15) is 0 Å². The van der Waals surface area contributed by atoms with Crippen LogP contribution in [0.25, 0.3) is 10.9 Å². The van der Waals surface area contributed by atoms with Gasteiger partial charge in [0.25, 0.3) is 0 Å². The Labute approximate surface area is 129 Å². The molecule has 108 valence electrons. The third-order valence-electron chi connectivity index (χ3n) is 3.90. The molecule has 0 fully saturated rings. The quantitative estimate of drug-likeness (QED) is 0.742. The summed E-state index contributed by atoms with van der Waals surface area (Å²) in [5.74, 6) is 0. The number of fused-ring (bicyclic) bond motifs is 1. The van der Waals surface area contributed by atoms with E-state index >= 15 is 0 Å². The lowest BCUT2D eigenvalue weighted by atomic mass is 10.1. The number of rotatable bonds is 4. The highest BCUT2D eigenvalue weighted by Gasteiger charge is 2.15. The van der Waals surface area contributed by atoms with Crippen molar-refractivity contribution in [1.29, 1.82) is 0 Å². The second kappa shape index (κ2) is 5.74. The molecule has 0 spiro atoms. The predicted octanol–water partition coefficient (Wildman–Crippen LogP) is 3.95. The number of nitrogens with two attached hydrogens (primary N) is 1. The first kappa shape index (κ1) is 13.9. The van der Waals surface area contributed by atoms with Crippen molar-refractivity contribution in [1.82, 2.24) is 4.98 Å². The molecule has 1 aromatic carbocycles. The number of hydrogen-bond acceptors (Lipinski definition) is 4. The number of thiophene rings is 1. The fourth-order valence-electron chi connectivity index (χ4n) is 2.58. The lowest BCUT2D eigenvalue weighted by molar-refractivity contribution is 0.690. The molecule has 0 bridgehead atoms. The van der Waals surface area contributed by atoms with Crippen molar-refractivity contribution < 1.29 is 0 Å². The summed E-state index contributed by atoms with van der Waals surface area (Å²) in [7, 11) is 2.14. The van der Waals surface area contributed by atoms with E-state index in [0.717, 1.165) is 23.0 Å². The van der Waals surface area contributed by atoms with Gasteiger partial charge in [0.2, 0.25) is 0 Å². The lowest BCUT2D eigenvalue weighted by Gasteiger charge is -2.28. The molecule has 0 saturated carbocycles. The Morgan fingerprint density at radius 3 is 2.86 bits per heavy atom. The first-order valence-corrected chi connectivity index (χ1v) is 7.93. The second-order valence-corrected chi connectivity index (χ2v) is 6.35. The molecule has 2 aromatic heterocycles. The van der Waals surface area contributed by atoms with Crippen molar-refractivity contribution in [2.75, 3.05) is 17.7 Å². The molecule has 0 aliphatic carbocycles. The molecule has 1 atom stereocenters. The molecule has 0 aliphatic rings. The maximum Gasteiger partial charge on any atom is 0.0951 e. The Morgan fingerprint density at radius 2 is 2.10 bits per heavy atom. The van der Waals surface area contributed by atoms with E-state index in [-0.39, 0.29) is 0 Å². The molecule has 4 heteroatoms. The van der Waals surface area contributed by atoms with Gasteiger partial charge >= 0.3 is 0 Å². The van der Waals surface area contributed by atoms with Gasteiger partial charge in [-0.05, 0) is 42.6 Å². The fourth-order valence-corrected chi connectivity index (χ4v) is 3.41. The summed E-state index contributed by atoms with van der Waals surface area (Å²) >= 11 is 1.81. The van der Waals surface area contributed by atoms with Crippen LogP contribution in [0.2, 0.25) is 0 Å². The van der Waals surface area contributed by atoms with E-state index < -0.39 is 0 Å². The van der Waals surface area contributed by atoms with Gasteiger partial charge in [-0.15, -0.1) is 11.3 Å². The number of likely N-dealkylation sites (N-methyl/N-ethyl adjacent to an activating group) is 1. The lowest BCUT2D eigenvalue weighted by Crippen LogP contribution is -2.30. The highest BCUT2D eigenvalue weighted by Crippen LogP contribution is 2.30. The number of nitrogen functional groups attached to an aromatic ring is 1. The van der Waals surface area contributed by atoms with Crippen LogP contribution < -0.4 is 10.6 Å². The molecule has 2 heterocycles. The van der Waals surface area contributed by atoms with Gasteiger partial charge in [0.15, 0.2) is 0 Å². The van der Waals surface area contributed by atoms with E-state index in [2.05, 4.69) is 53.5 Å². The van der Waals surface area contributed by atoms with Gasteiger partial charge in [-0.1, -0.05) is 6.07 Å². The highest BCUT2D eigenvalue weighted by molar-refractivity contribution is 7.09. The summed E-state index contributed by atoms with van der Waals surface area (Å²) in [5, 5.41) is 3.24. The van der Waals surface area contributed by atoms with Crippen LogP contribution in [0.1, 0.15) is 11.8 Å². The normalized spacial score (nSPS) is 12.5. The monoisotopic (exact) mass is 297 g/mol. The number of aromatic nitrogens is 1. The Morgan fingerprint density at radius 1 is 1.24 bits per heavy atom. The minimum absolute atomic E-state index is 0.413. The molecule has 3 aromatic rings. The molecule has 1 unspecified atom stereocenters. The fraction of sp³-hybridized carbons (Fsp3) is 0.235. The third kappa shape index (κ3) is 2.72. The molecular weight excluding hydrogens is 278 g/mol. The van der Waals surface area contributed by atoms with Crippen molar-refractivity contribution in [3.05, 3.63) is 52.9 Å². The molecule has 0 saturated heterocycles. The Bertz CT molecular complexity index is 737. The third-order valence-corrected chi connectivity index (χ3v) is 4.79. The van der Waals surface area contributed by atoms with E-state index in [4.69, 9.17) is 5.73 Å². The molecule has 3 rings (SSSR count). The summed E-state index contributed by atoms with van der Waals surface area (Å²) in [4.78, 5) is 8.13. The SMILES string of the molecule is CC(Cc1cccs1)N(C)c1ccc(N)c2ncccc12. The minimum atomic E-state index is 0.413. The number of benzene rings is 1. The standard InChI is InChI=1S/C17H19N3S/c1-12(11-13-5-4-10-21-13)20(2)16-8-7-15(18)17-14(16)6-3-9-19-17/h3-10,12H,11,18H2,1-2H3. The van der Waals surface area contributed by atoms with E-state index in [1.807, 2.05) is 23.5 Å². The van der Waals surface area contributed by atoms with Crippen molar-refractivity contribution in [2.45, 2.75) is 19.4 Å². The largest absolute Gasteiger partial charge is 0.397 e. The molecule has 0 amide bonds. The van der Waals surface area contributed by atoms with Crippen LogP contribution in [0.15, 0.2) is 48.0 Å². The molecule has 21 heavy (non-hydrogen) atoms. The van der Waals surface area contributed by atoms with Gasteiger partial charge in [-0.3, -0.25) is 4.98 Å². The first-order valence-electron chi connectivity index (χ1n) is 7.05. The Balaban J connectivity index is 1.94. The van der Waals surface area contributed by atoms with Crippen molar-refractivity contribution in [3.8, 4) is 0 Å². The highest BCUT2D eigenvalue weighted by atomic mass is 32.1. The zero-order valence-electron chi connectivity index (χ0n) is 12.3. The molecule has 0 aliphatic heterocycles. The van der Waals surface area contributed by atoms with Crippen LogP contribution in [-0.2, 0) is 6.42 Å². The number of pyridine rings is 1. The van der Waals surface area contributed by atoms with Gasteiger partial charge in [-0.2, -0.15) is 0 Å². The number of hydrogen-bond donors (Lipinski definition) is 1. The molecule has 2 N–H and O–H groups in total. The smallest absolute Gasteiger partial charge is 0.0951 e. The number of nitrogens with zero attached hydrogens (tertiary/aromatic N) is 2. The Hall–Kier alpha value is -2.07. The van der Waals surface area contributed by atoms with Gasteiger partial charge in [0.05, 0.1) is 11.2 Å². The van der Waals surface area contributed by atoms with Crippen LogP contribution in [0.5, 0.6) is 0 Å². The van der Waals surface area contributed by atoms with Crippen LogP contribution >= 0.6 is 11.3 Å². The van der Waals surface area contributed by atoms with Gasteiger partial charge in [0, 0.05) is 41.7 Å². The average Bonchev–Trinajstić information content (AvgIpc) is 3.00. The van der Waals surface area contributed by atoms with Crippen molar-refractivity contribution in [2.24, 2.45) is 0 Å². The second-order valence-electron chi connectivity index (χ2n) is 5.32. The van der Waals surface area contributed by atoms with Gasteiger partial charge in [-0.25, -0.2) is 0 Å². The van der Waals surface area contributed by atoms with Gasteiger partial charge < -0.3 is 10.6 Å². The van der Waals surface area contributed by atoms with Crippen molar-refractivity contribution in [3.63, 3.8) is 0 Å². The summed E-state index contributed by atoms with van der Waals surface area (Å²) in [6.07, 6.45) is 2.83. The van der Waals surface area contributed by atoms with Crippen molar-refractivity contribution >= 4 is 33.6 Å². The van der Waals surface area contributed by atoms with E-state index in [0.29, 0.717) is 6.04 Å². The van der Waals surface area contributed by atoms with Gasteiger partial charge in [0.1, 0.15) is 0 Å². The maximum absolute atomic E-state index is 6.03. The topological polar surface area (TPSA) is 42.1 Å². The van der Waals surface area contributed by atoms with E-state index in [1.165, 1.54) is 10.6 Å². The molecule has 0 radical (unpaired) electrons. The summed E-state index contributed by atoms with van der Waals surface area (Å²) in [6, 6.07) is 12.8. The minimum Gasteiger partial charge on any atom is -0.397 e. The first-order chi connectivity index (χ1) is 10.2. The summed E-state index contributed by atoms with van der Waals surface area (Å²) < 4.78 is 0. The molecular formula is C17H19N3S. The average molecular weight is 297 g/mol. The summed E-state index contributed by atoms with van der Waals surface area (Å²) in [5.41, 5.74) is 8.82. The van der Waals surface area contributed by atoms with Crippen LogP contribution in [0, 0.1) is 0 Å². The summed E-state index contributed by atoms with van der Waals surface area (Å²) in [6.45, 7) is 2.25. The van der Waals surface area contributed by atoms with Crippen LogP contribution in [0.4, 0.5) is 11.4 Å². The maximum atomic E-state index is 6.03. The predicted molar refractivity (Wildman–Crippen MR) is 92.0 cm³/mol. The Kier molecular flexibility index (Phi) is 3.80.